The maximum absolute atomic E-state index is 12.5. The van der Waals surface area contributed by atoms with Crippen LogP contribution in [0.1, 0.15) is 61.4 Å². The quantitative estimate of drug-likeness (QED) is 0.430. The highest BCUT2D eigenvalue weighted by atomic mass is 16.5. The van der Waals surface area contributed by atoms with Gasteiger partial charge in [0.15, 0.2) is 0 Å². The lowest BCUT2D eigenvalue weighted by Gasteiger charge is -2.30. The zero-order valence-corrected chi connectivity index (χ0v) is 16.9. The van der Waals surface area contributed by atoms with Crippen LogP contribution < -0.4 is 9.97 Å². The van der Waals surface area contributed by atoms with E-state index in [1.165, 1.54) is 6.07 Å². The maximum atomic E-state index is 12.5. The summed E-state index contributed by atoms with van der Waals surface area (Å²) in [4.78, 5) is 23.9. The van der Waals surface area contributed by atoms with Gasteiger partial charge in [-0.05, 0) is 43.9 Å². The number of hydrogen-bond acceptors (Lipinski definition) is 6. The second-order valence-electron chi connectivity index (χ2n) is 8.06. The molecule has 0 bridgehead atoms. The first-order chi connectivity index (χ1) is 14.0. The molecule has 158 valence electrons. The molecule has 3 rings (SSSR count). The molecule has 1 aromatic carbocycles. The van der Waals surface area contributed by atoms with E-state index < -0.39 is 13.1 Å². The number of Topliss-reactive ketones (excluding diaryl/α,β-unsaturated/α-hetero) is 1. The fourth-order valence-electron chi connectivity index (χ4n) is 4.07. The first-order valence-corrected chi connectivity index (χ1v) is 10.5. The van der Waals surface area contributed by atoms with Crippen molar-refractivity contribution >= 4 is 18.9 Å². The summed E-state index contributed by atoms with van der Waals surface area (Å²) in [6.45, 7) is 3.79. The molecule has 0 saturated carbocycles. The molecule has 0 amide bonds. The highest BCUT2D eigenvalue weighted by molar-refractivity contribution is 6.47. The van der Waals surface area contributed by atoms with Gasteiger partial charge in [-0.2, -0.15) is 0 Å². The van der Waals surface area contributed by atoms with E-state index in [2.05, 4.69) is 12.2 Å². The third kappa shape index (κ3) is 5.81. The molecule has 2 heterocycles. The average molecular weight is 403 g/mol. The molecule has 1 saturated heterocycles. The van der Waals surface area contributed by atoms with E-state index >= 15 is 0 Å². The lowest BCUT2D eigenvalue weighted by Crippen LogP contribution is -2.41. The standard InChI is InChI=1S/C21H30BNO6/c1-2-3-9-23-16-7-8-18(28-13-16)12-17(24)11-15-10-14-5-4-6-19(21(25)26)20(14)29-22(15)27/h4-6,15-16,18,23,27H,2-3,7-13H2,1H3,(H,25,26)/t15-,16?,18?/m1/s1. The summed E-state index contributed by atoms with van der Waals surface area (Å²) in [6.07, 6.45) is 5.05. The number of carbonyl (C=O) groups excluding carboxylic acids is 1. The Kier molecular flexibility index (Phi) is 7.69. The van der Waals surface area contributed by atoms with Gasteiger partial charge in [0.1, 0.15) is 11.5 Å². The minimum atomic E-state index is -1.19. The molecule has 2 unspecified atom stereocenters. The molecule has 7 nitrogen and oxygen atoms in total. The lowest BCUT2D eigenvalue weighted by molar-refractivity contribution is -0.123. The van der Waals surface area contributed by atoms with Crippen molar-refractivity contribution < 1.29 is 29.1 Å². The Balaban J connectivity index is 1.48. The zero-order chi connectivity index (χ0) is 20.8. The minimum absolute atomic E-state index is 0.0315. The van der Waals surface area contributed by atoms with Crippen molar-refractivity contribution in [1.82, 2.24) is 5.32 Å². The molecule has 3 N–H and O–H groups in total. The van der Waals surface area contributed by atoms with Gasteiger partial charge in [0.25, 0.3) is 0 Å². The molecule has 0 aliphatic carbocycles. The number of benzene rings is 1. The Morgan fingerprint density at radius 1 is 1.28 bits per heavy atom. The normalized spacial score (nSPS) is 23.9. The lowest BCUT2D eigenvalue weighted by atomic mass is 9.64. The molecule has 8 heteroatoms. The van der Waals surface area contributed by atoms with E-state index in [0.717, 1.165) is 32.2 Å². The van der Waals surface area contributed by atoms with E-state index in [4.69, 9.17) is 9.39 Å². The van der Waals surface area contributed by atoms with Crippen molar-refractivity contribution in [1.29, 1.82) is 0 Å². The third-order valence-corrected chi connectivity index (χ3v) is 5.73. The van der Waals surface area contributed by atoms with E-state index in [0.29, 0.717) is 31.1 Å². The number of aromatic carboxylic acids is 1. The first-order valence-electron chi connectivity index (χ1n) is 10.5. The van der Waals surface area contributed by atoms with Crippen molar-refractivity contribution in [3.63, 3.8) is 0 Å². The highest BCUT2D eigenvalue weighted by Crippen LogP contribution is 2.36. The van der Waals surface area contributed by atoms with Crippen LogP contribution >= 0.6 is 0 Å². The van der Waals surface area contributed by atoms with Crippen LogP contribution in [0.25, 0.3) is 0 Å². The van der Waals surface area contributed by atoms with Crippen LogP contribution in [-0.4, -0.2) is 54.3 Å². The molecule has 0 radical (unpaired) electrons. The van der Waals surface area contributed by atoms with Gasteiger partial charge >= 0.3 is 13.1 Å². The molecule has 0 spiro atoms. The zero-order valence-electron chi connectivity index (χ0n) is 16.9. The van der Waals surface area contributed by atoms with Crippen LogP contribution in [0, 0.1) is 0 Å². The number of rotatable bonds is 9. The molecular weight excluding hydrogens is 373 g/mol. The van der Waals surface area contributed by atoms with E-state index in [-0.39, 0.29) is 35.4 Å². The summed E-state index contributed by atoms with van der Waals surface area (Å²) in [5, 5.41) is 23.1. The summed E-state index contributed by atoms with van der Waals surface area (Å²) < 4.78 is 11.3. The SMILES string of the molecule is CCCCNC1CCC(CC(=O)C[C@H]2Cc3cccc(C(=O)O)c3OB2O)OC1. The topological polar surface area (TPSA) is 105 Å². The smallest absolute Gasteiger partial charge is 0.526 e. The molecule has 29 heavy (non-hydrogen) atoms. The van der Waals surface area contributed by atoms with Gasteiger partial charge in [0.2, 0.25) is 0 Å². The molecular formula is C21H30BNO6. The number of unbranched alkanes of at least 4 members (excludes halogenated alkanes) is 1. The van der Waals surface area contributed by atoms with Crippen LogP contribution in [0.2, 0.25) is 5.82 Å². The number of ether oxygens (including phenoxy) is 1. The van der Waals surface area contributed by atoms with Crippen LogP contribution in [0.15, 0.2) is 18.2 Å². The monoisotopic (exact) mass is 403 g/mol. The molecule has 2 aliphatic heterocycles. The van der Waals surface area contributed by atoms with Crippen LogP contribution in [-0.2, 0) is 16.0 Å². The summed E-state index contributed by atoms with van der Waals surface area (Å²) in [5.41, 5.74) is 0.743. The van der Waals surface area contributed by atoms with Crippen molar-refractivity contribution in [3.05, 3.63) is 29.3 Å². The predicted octanol–water partition coefficient (Wildman–Crippen LogP) is 2.46. The maximum Gasteiger partial charge on any atom is 0.526 e. The number of ketones is 1. The number of carboxylic acid groups (broad SMARTS) is 1. The Bertz CT molecular complexity index is 719. The van der Waals surface area contributed by atoms with Gasteiger partial charge in [-0.25, -0.2) is 4.79 Å². The Morgan fingerprint density at radius 3 is 2.79 bits per heavy atom. The summed E-state index contributed by atoms with van der Waals surface area (Å²) in [7, 11) is -1.19. The average Bonchev–Trinajstić information content (AvgIpc) is 2.69. The van der Waals surface area contributed by atoms with Crippen molar-refractivity contribution in [2.45, 2.75) is 69.8 Å². The van der Waals surface area contributed by atoms with Gasteiger partial charge in [-0.3, -0.25) is 4.79 Å². The number of fused-ring (bicyclic) bond motifs is 1. The first kappa shape index (κ1) is 21.8. The second-order valence-corrected chi connectivity index (χ2v) is 8.06. The number of nitrogens with one attached hydrogen (secondary N) is 1. The Morgan fingerprint density at radius 2 is 2.10 bits per heavy atom. The second kappa shape index (κ2) is 10.2. The van der Waals surface area contributed by atoms with Crippen LogP contribution in [0.4, 0.5) is 0 Å². The Labute approximate surface area is 171 Å². The van der Waals surface area contributed by atoms with Gasteiger partial charge in [-0.15, -0.1) is 0 Å². The van der Waals surface area contributed by atoms with Gasteiger partial charge in [0.05, 0.1) is 18.3 Å². The highest BCUT2D eigenvalue weighted by Gasteiger charge is 2.38. The molecule has 2 aliphatic rings. The fourth-order valence-corrected chi connectivity index (χ4v) is 4.07. The molecule has 0 aromatic heterocycles. The van der Waals surface area contributed by atoms with Gasteiger partial charge in [-0.1, -0.05) is 25.5 Å². The van der Waals surface area contributed by atoms with Crippen molar-refractivity contribution in [3.8, 4) is 5.75 Å². The number of carbonyl (C=O) groups is 2. The summed E-state index contributed by atoms with van der Waals surface area (Å²) >= 11 is 0. The third-order valence-electron chi connectivity index (χ3n) is 5.73. The molecule has 3 atom stereocenters. The fraction of sp³-hybridized carbons (Fsp3) is 0.619. The molecule has 1 fully saturated rings. The minimum Gasteiger partial charge on any atom is -0.535 e. The number of para-hydroxylation sites is 1. The summed E-state index contributed by atoms with van der Waals surface area (Å²) in [6, 6.07) is 5.25. The van der Waals surface area contributed by atoms with Crippen molar-refractivity contribution in [2.75, 3.05) is 13.2 Å². The Hall–Kier alpha value is -1.90. The van der Waals surface area contributed by atoms with E-state index in [9.17, 15) is 19.7 Å². The molecule has 1 aromatic rings. The predicted molar refractivity (Wildman–Crippen MR) is 109 cm³/mol. The number of hydrogen-bond donors (Lipinski definition) is 3. The number of carboxylic acids is 1. The van der Waals surface area contributed by atoms with Crippen LogP contribution in [0.5, 0.6) is 5.75 Å². The van der Waals surface area contributed by atoms with E-state index in [1.807, 2.05) is 0 Å². The van der Waals surface area contributed by atoms with E-state index in [1.54, 1.807) is 12.1 Å². The van der Waals surface area contributed by atoms with Crippen molar-refractivity contribution in [2.24, 2.45) is 0 Å². The van der Waals surface area contributed by atoms with Gasteiger partial charge in [0, 0.05) is 24.7 Å². The summed E-state index contributed by atoms with van der Waals surface area (Å²) in [5.74, 6) is -1.24. The van der Waals surface area contributed by atoms with Crippen LogP contribution in [0.3, 0.4) is 0 Å². The van der Waals surface area contributed by atoms with Gasteiger partial charge < -0.3 is 24.8 Å². The largest absolute Gasteiger partial charge is 0.535 e.